The number of carboxylic acids is 2. The first-order valence-corrected chi connectivity index (χ1v) is 7.66. The lowest BCUT2D eigenvalue weighted by atomic mass is 9.82. The van der Waals surface area contributed by atoms with Crippen LogP contribution in [-0.4, -0.2) is 45.5 Å². The summed E-state index contributed by atoms with van der Waals surface area (Å²) in [7, 11) is 0. The standard InChI is InChI=1S/C18H10N2O8/c21-13-7-3-1-5-9(19-15(23)17(25)26)11(7)14(22)12-8(13)4-2-6-10(12)20-16(24)18(27)28/h1-6H,(H,19,23)(H,20,24)(H,25,26)(H,27,28). The number of hydrogen-bond donors (Lipinski definition) is 4. The quantitative estimate of drug-likeness (QED) is 0.465. The molecule has 2 aromatic rings. The number of hydrogen-bond acceptors (Lipinski definition) is 6. The molecular formula is C18H10N2O8. The van der Waals surface area contributed by atoms with E-state index in [2.05, 4.69) is 0 Å². The van der Waals surface area contributed by atoms with Crippen molar-refractivity contribution in [3.05, 3.63) is 58.7 Å². The molecule has 1 aliphatic carbocycles. The Morgan fingerprint density at radius 3 is 1.39 bits per heavy atom. The van der Waals surface area contributed by atoms with Crippen molar-refractivity contribution in [1.29, 1.82) is 0 Å². The Kier molecular flexibility index (Phi) is 4.45. The molecule has 0 aromatic heterocycles. The van der Waals surface area contributed by atoms with Gasteiger partial charge in [0.1, 0.15) is 0 Å². The summed E-state index contributed by atoms with van der Waals surface area (Å²) in [5.74, 6) is -7.79. The minimum absolute atomic E-state index is 0.0672. The zero-order valence-electron chi connectivity index (χ0n) is 13.8. The molecule has 0 unspecified atom stereocenters. The topological polar surface area (TPSA) is 167 Å². The Bertz CT molecular complexity index is 1020. The molecule has 0 atom stereocenters. The van der Waals surface area contributed by atoms with Crippen molar-refractivity contribution in [2.75, 3.05) is 10.6 Å². The van der Waals surface area contributed by atoms with Crippen molar-refractivity contribution in [2.45, 2.75) is 0 Å². The molecule has 0 aliphatic heterocycles. The summed E-state index contributed by atoms with van der Waals surface area (Å²) in [5.41, 5.74) is -1.05. The predicted octanol–water partition coefficient (Wildman–Crippen LogP) is 0.508. The number of amides is 2. The number of carboxylic acid groups (broad SMARTS) is 2. The van der Waals surface area contributed by atoms with E-state index in [-0.39, 0.29) is 33.6 Å². The van der Waals surface area contributed by atoms with Crippen LogP contribution in [0.25, 0.3) is 0 Å². The first kappa shape index (κ1) is 18.5. The zero-order chi connectivity index (χ0) is 20.6. The van der Waals surface area contributed by atoms with Crippen LogP contribution >= 0.6 is 0 Å². The Morgan fingerprint density at radius 1 is 0.643 bits per heavy atom. The largest absolute Gasteiger partial charge is 0.474 e. The van der Waals surface area contributed by atoms with Crippen LogP contribution in [-0.2, 0) is 19.2 Å². The summed E-state index contributed by atoms with van der Waals surface area (Å²) in [5, 5.41) is 21.6. The van der Waals surface area contributed by atoms with Crippen LogP contribution in [0.2, 0.25) is 0 Å². The summed E-state index contributed by atoms with van der Waals surface area (Å²) >= 11 is 0. The molecule has 0 bridgehead atoms. The van der Waals surface area contributed by atoms with Crippen molar-refractivity contribution in [2.24, 2.45) is 0 Å². The highest BCUT2D eigenvalue weighted by atomic mass is 16.4. The third kappa shape index (κ3) is 2.98. The van der Waals surface area contributed by atoms with Gasteiger partial charge in [-0.05, 0) is 12.1 Å². The molecule has 0 radical (unpaired) electrons. The first-order valence-electron chi connectivity index (χ1n) is 7.66. The number of fused-ring (bicyclic) bond motifs is 2. The second-order valence-electron chi connectivity index (χ2n) is 5.63. The van der Waals surface area contributed by atoms with Crippen LogP contribution in [0.4, 0.5) is 11.4 Å². The fraction of sp³-hybridized carbons (Fsp3) is 0. The van der Waals surface area contributed by atoms with E-state index < -0.39 is 35.3 Å². The summed E-state index contributed by atoms with van der Waals surface area (Å²) in [6.45, 7) is 0. The SMILES string of the molecule is O=C(O)C(=O)Nc1cccc2c1C(=O)c1c(NC(=O)C(=O)O)cccc1C2=O. The Morgan fingerprint density at radius 2 is 1.04 bits per heavy atom. The molecule has 1 aliphatic rings. The average Bonchev–Trinajstić information content (AvgIpc) is 2.65. The van der Waals surface area contributed by atoms with Crippen molar-refractivity contribution >= 4 is 46.7 Å². The van der Waals surface area contributed by atoms with Gasteiger partial charge in [-0.1, -0.05) is 24.3 Å². The number of nitrogens with one attached hydrogen (secondary N) is 2. The molecule has 4 N–H and O–H groups in total. The van der Waals surface area contributed by atoms with E-state index in [0.717, 1.165) is 0 Å². The molecule has 10 heteroatoms. The lowest BCUT2D eigenvalue weighted by Crippen LogP contribution is -2.29. The normalized spacial score (nSPS) is 11.9. The molecule has 0 saturated heterocycles. The van der Waals surface area contributed by atoms with Crippen LogP contribution in [0.15, 0.2) is 36.4 Å². The van der Waals surface area contributed by atoms with Crippen molar-refractivity contribution < 1.29 is 39.0 Å². The molecule has 0 fully saturated rings. The van der Waals surface area contributed by atoms with Crippen LogP contribution in [0.5, 0.6) is 0 Å². The molecule has 0 heterocycles. The van der Waals surface area contributed by atoms with Gasteiger partial charge in [-0.2, -0.15) is 0 Å². The molecule has 140 valence electrons. The number of carbonyl (C=O) groups is 6. The highest BCUT2D eigenvalue weighted by molar-refractivity contribution is 6.40. The maximum absolute atomic E-state index is 13.0. The van der Waals surface area contributed by atoms with E-state index in [0.29, 0.717) is 0 Å². The molecule has 2 amide bonds. The van der Waals surface area contributed by atoms with E-state index >= 15 is 0 Å². The van der Waals surface area contributed by atoms with E-state index in [9.17, 15) is 28.8 Å². The molecular weight excluding hydrogens is 372 g/mol. The van der Waals surface area contributed by atoms with Gasteiger partial charge >= 0.3 is 23.8 Å². The van der Waals surface area contributed by atoms with Gasteiger partial charge in [0, 0.05) is 11.1 Å². The number of carbonyl (C=O) groups excluding carboxylic acids is 4. The van der Waals surface area contributed by atoms with Crippen LogP contribution in [0, 0.1) is 0 Å². The molecule has 3 rings (SSSR count). The third-order valence-corrected chi connectivity index (χ3v) is 3.96. The third-order valence-electron chi connectivity index (χ3n) is 3.96. The van der Waals surface area contributed by atoms with Crippen molar-refractivity contribution in [3.8, 4) is 0 Å². The molecule has 0 saturated carbocycles. The smallest absolute Gasteiger partial charge is 0.394 e. The van der Waals surface area contributed by atoms with E-state index in [1.54, 1.807) is 0 Å². The van der Waals surface area contributed by atoms with Gasteiger partial charge in [-0.25, -0.2) is 9.59 Å². The van der Waals surface area contributed by atoms with Gasteiger partial charge in [-0.3, -0.25) is 19.2 Å². The van der Waals surface area contributed by atoms with E-state index in [1.165, 1.54) is 36.4 Å². The molecule has 10 nitrogen and oxygen atoms in total. The van der Waals surface area contributed by atoms with Gasteiger partial charge < -0.3 is 20.8 Å². The summed E-state index contributed by atoms with van der Waals surface area (Å²) in [4.78, 5) is 70.4. The van der Waals surface area contributed by atoms with Crippen LogP contribution in [0.3, 0.4) is 0 Å². The fourth-order valence-electron chi connectivity index (χ4n) is 2.80. The van der Waals surface area contributed by atoms with Gasteiger partial charge in [0.25, 0.3) is 0 Å². The lowest BCUT2D eigenvalue weighted by Gasteiger charge is -2.22. The first-order chi connectivity index (χ1) is 13.2. The van der Waals surface area contributed by atoms with Gasteiger partial charge in [-0.15, -0.1) is 0 Å². The lowest BCUT2D eigenvalue weighted by molar-refractivity contribution is -0.147. The highest BCUT2D eigenvalue weighted by Crippen LogP contribution is 2.35. The number of anilines is 2. The number of rotatable bonds is 2. The van der Waals surface area contributed by atoms with E-state index in [4.69, 9.17) is 10.2 Å². The number of benzene rings is 2. The van der Waals surface area contributed by atoms with Gasteiger partial charge in [0.05, 0.1) is 22.5 Å². The van der Waals surface area contributed by atoms with Gasteiger partial charge in [0.2, 0.25) is 0 Å². The number of ketones is 2. The summed E-state index contributed by atoms with van der Waals surface area (Å²) in [6, 6.07) is 7.88. The minimum atomic E-state index is -1.79. The molecule has 2 aromatic carbocycles. The highest BCUT2D eigenvalue weighted by Gasteiger charge is 2.34. The predicted molar refractivity (Wildman–Crippen MR) is 92.3 cm³/mol. The summed E-state index contributed by atoms with van der Waals surface area (Å²) < 4.78 is 0. The second-order valence-corrected chi connectivity index (χ2v) is 5.63. The van der Waals surface area contributed by atoms with Crippen molar-refractivity contribution in [3.63, 3.8) is 0 Å². The van der Waals surface area contributed by atoms with E-state index in [1.807, 2.05) is 10.6 Å². The molecule has 0 spiro atoms. The van der Waals surface area contributed by atoms with Crippen LogP contribution in [0.1, 0.15) is 31.8 Å². The Balaban J connectivity index is 2.16. The minimum Gasteiger partial charge on any atom is -0.474 e. The van der Waals surface area contributed by atoms with Gasteiger partial charge in [0.15, 0.2) is 11.6 Å². The van der Waals surface area contributed by atoms with Crippen LogP contribution < -0.4 is 10.6 Å². The fourth-order valence-corrected chi connectivity index (χ4v) is 2.80. The van der Waals surface area contributed by atoms with Crippen molar-refractivity contribution in [1.82, 2.24) is 0 Å². The Labute approximate surface area is 155 Å². The summed E-state index contributed by atoms with van der Waals surface area (Å²) in [6.07, 6.45) is 0. The average molecular weight is 382 g/mol. The zero-order valence-corrected chi connectivity index (χ0v) is 13.8. The monoisotopic (exact) mass is 382 g/mol. The maximum atomic E-state index is 13.0. The molecule has 28 heavy (non-hydrogen) atoms. The maximum Gasteiger partial charge on any atom is 0.394 e. The Hall–Kier alpha value is -4.34. The second kappa shape index (κ2) is 6.76. The number of aliphatic carboxylic acids is 2.